The molecule has 0 spiro atoms. The Labute approximate surface area is 164 Å². The fourth-order valence-corrected chi connectivity index (χ4v) is 3.34. The molecule has 1 heterocycles. The summed E-state index contributed by atoms with van der Waals surface area (Å²) in [5.41, 5.74) is 1.44. The molecule has 1 unspecified atom stereocenters. The zero-order valence-electron chi connectivity index (χ0n) is 14.9. The highest BCUT2D eigenvalue weighted by Crippen LogP contribution is 2.32. The van der Waals surface area contributed by atoms with Gasteiger partial charge in [0, 0.05) is 24.5 Å². The molecule has 0 radical (unpaired) electrons. The highest BCUT2D eigenvalue weighted by atomic mass is 35.5. The molecule has 0 bridgehead atoms. The first kappa shape index (κ1) is 20.6. The molecule has 26 heavy (non-hydrogen) atoms. The summed E-state index contributed by atoms with van der Waals surface area (Å²) in [6.07, 6.45) is 8.29. The smallest absolute Gasteiger partial charge is 0.246 e. The van der Waals surface area contributed by atoms with Crippen LogP contribution in [-0.4, -0.2) is 28.8 Å². The molecule has 8 heteroatoms. The molecule has 1 aromatic carbocycles. The molecule has 1 atom stereocenters. The van der Waals surface area contributed by atoms with E-state index in [2.05, 4.69) is 15.7 Å². The molecule has 1 saturated carbocycles. The summed E-state index contributed by atoms with van der Waals surface area (Å²) < 4.78 is 7.60. The van der Waals surface area contributed by atoms with Gasteiger partial charge in [-0.1, -0.05) is 11.6 Å². The third-order valence-electron chi connectivity index (χ3n) is 4.40. The molecule has 1 aliphatic rings. The predicted octanol–water partition coefficient (Wildman–Crippen LogP) is 3.72. The first-order valence-electron chi connectivity index (χ1n) is 8.49. The second kappa shape index (κ2) is 9.26. The van der Waals surface area contributed by atoms with Crippen molar-refractivity contribution in [3.63, 3.8) is 0 Å². The maximum Gasteiger partial charge on any atom is 0.246 e. The van der Waals surface area contributed by atoms with Crippen molar-refractivity contribution in [1.29, 1.82) is 0 Å². The molecule has 1 amide bonds. The number of aryl methyl sites for hydroxylation is 1. The zero-order chi connectivity index (χ0) is 17.8. The summed E-state index contributed by atoms with van der Waals surface area (Å²) in [5.74, 6) is 0.500. The van der Waals surface area contributed by atoms with Gasteiger partial charge in [-0.05, 0) is 50.9 Å². The lowest BCUT2D eigenvalue weighted by atomic mass is 10.1. The van der Waals surface area contributed by atoms with Crippen molar-refractivity contribution in [2.45, 2.75) is 37.8 Å². The molecule has 0 saturated heterocycles. The number of carbonyl (C=O) groups excluding carboxylic acids is 1. The molecular weight excluding hydrogens is 375 g/mol. The molecule has 1 aromatic heterocycles. The largest absolute Gasteiger partial charge is 0.489 e. The van der Waals surface area contributed by atoms with Gasteiger partial charge < -0.3 is 15.4 Å². The maximum atomic E-state index is 12.5. The van der Waals surface area contributed by atoms with Gasteiger partial charge in [0.25, 0.3) is 0 Å². The molecular formula is C18H24Cl2N4O2. The predicted molar refractivity (Wildman–Crippen MR) is 105 cm³/mol. The number of benzene rings is 1. The number of nitrogens with one attached hydrogen (secondary N) is 2. The number of anilines is 1. The summed E-state index contributed by atoms with van der Waals surface area (Å²) in [6.45, 7) is 0. The van der Waals surface area contributed by atoms with E-state index in [1.807, 2.05) is 25.4 Å². The molecule has 3 rings (SSSR count). The lowest BCUT2D eigenvalue weighted by molar-refractivity contribution is -0.118. The Hall–Kier alpha value is -1.76. The molecule has 1 fully saturated rings. The van der Waals surface area contributed by atoms with Crippen LogP contribution in [0.15, 0.2) is 30.6 Å². The molecule has 6 nitrogen and oxygen atoms in total. The van der Waals surface area contributed by atoms with E-state index in [4.69, 9.17) is 16.3 Å². The number of rotatable bonds is 6. The Kier molecular flexibility index (Phi) is 7.32. The average Bonchev–Trinajstić information content (AvgIpc) is 3.23. The van der Waals surface area contributed by atoms with Crippen LogP contribution in [0.2, 0.25) is 5.02 Å². The Balaban J connectivity index is 0.00000243. The maximum absolute atomic E-state index is 12.5. The van der Waals surface area contributed by atoms with Crippen LogP contribution in [0, 0.1) is 0 Å². The fourth-order valence-electron chi connectivity index (χ4n) is 3.11. The molecule has 1 aliphatic carbocycles. The van der Waals surface area contributed by atoms with E-state index in [-0.39, 0.29) is 24.4 Å². The van der Waals surface area contributed by atoms with E-state index in [0.29, 0.717) is 16.5 Å². The monoisotopic (exact) mass is 398 g/mol. The molecule has 142 valence electrons. The minimum absolute atomic E-state index is 0. The lowest BCUT2D eigenvalue weighted by Crippen LogP contribution is -2.30. The second-order valence-electron chi connectivity index (χ2n) is 6.33. The van der Waals surface area contributed by atoms with Crippen LogP contribution in [0.3, 0.4) is 0 Å². The van der Waals surface area contributed by atoms with Gasteiger partial charge in [-0.2, -0.15) is 5.10 Å². The Morgan fingerprint density at radius 1 is 1.38 bits per heavy atom. The van der Waals surface area contributed by atoms with E-state index in [9.17, 15) is 4.79 Å². The number of aromatic nitrogens is 2. The first-order chi connectivity index (χ1) is 12.1. The van der Waals surface area contributed by atoms with Gasteiger partial charge in [-0.25, -0.2) is 0 Å². The normalized spacial score (nSPS) is 15.3. The number of likely N-dealkylation sites (N-methyl/N-ethyl adjacent to an activating group) is 1. The summed E-state index contributed by atoms with van der Waals surface area (Å²) in [7, 11) is 3.56. The van der Waals surface area contributed by atoms with Crippen LogP contribution in [0.1, 0.15) is 37.3 Å². The standard InChI is InChI=1S/C18H23ClN4O2.ClH/c1-20-17(12-10-21-23(2)11-12)18(24)22-13-7-8-16(15(19)9-13)25-14-5-3-4-6-14;/h7-11,14,17,20H,3-6H2,1-2H3,(H,22,24);1H. The molecule has 2 N–H and O–H groups in total. The lowest BCUT2D eigenvalue weighted by Gasteiger charge is -2.17. The van der Waals surface area contributed by atoms with Gasteiger partial charge >= 0.3 is 0 Å². The van der Waals surface area contributed by atoms with Crippen molar-refractivity contribution < 1.29 is 9.53 Å². The number of ether oxygens (including phenoxy) is 1. The van der Waals surface area contributed by atoms with E-state index >= 15 is 0 Å². The van der Waals surface area contributed by atoms with Crippen molar-refractivity contribution in [1.82, 2.24) is 15.1 Å². The van der Waals surface area contributed by atoms with Crippen molar-refractivity contribution in [3.05, 3.63) is 41.2 Å². The number of hydrogen-bond donors (Lipinski definition) is 2. The number of amides is 1. The summed E-state index contributed by atoms with van der Waals surface area (Å²) in [6, 6.07) is 4.86. The van der Waals surface area contributed by atoms with Gasteiger partial charge in [0.2, 0.25) is 5.91 Å². The van der Waals surface area contributed by atoms with E-state index in [0.717, 1.165) is 18.4 Å². The summed E-state index contributed by atoms with van der Waals surface area (Å²) in [4.78, 5) is 12.5. The van der Waals surface area contributed by atoms with E-state index in [1.54, 1.807) is 24.0 Å². The van der Waals surface area contributed by atoms with Crippen LogP contribution in [0.4, 0.5) is 5.69 Å². The summed E-state index contributed by atoms with van der Waals surface area (Å²) >= 11 is 6.32. The minimum Gasteiger partial charge on any atom is -0.489 e. The van der Waals surface area contributed by atoms with Crippen molar-refractivity contribution >= 4 is 35.6 Å². The van der Waals surface area contributed by atoms with Crippen LogP contribution in [0.5, 0.6) is 5.75 Å². The Morgan fingerprint density at radius 3 is 2.69 bits per heavy atom. The number of carbonyl (C=O) groups is 1. The van der Waals surface area contributed by atoms with Crippen LogP contribution in [-0.2, 0) is 11.8 Å². The Morgan fingerprint density at radius 2 is 2.12 bits per heavy atom. The van der Waals surface area contributed by atoms with Gasteiger partial charge in [0.1, 0.15) is 11.8 Å². The van der Waals surface area contributed by atoms with Gasteiger partial charge in [-0.15, -0.1) is 12.4 Å². The first-order valence-corrected chi connectivity index (χ1v) is 8.87. The van der Waals surface area contributed by atoms with Crippen molar-refractivity contribution in [2.24, 2.45) is 7.05 Å². The zero-order valence-corrected chi connectivity index (χ0v) is 16.4. The molecule has 0 aliphatic heterocycles. The SMILES string of the molecule is CNC(C(=O)Nc1ccc(OC2CCCC2)c(Cl)c1)c1cnn(C)c1.Cl. The van der Waals surface area contributed by atoms with Gasteiger partial charge in [0.05, 0.1) is 17.3 Å². The van der Waals surface area contributed by atoms with Crippen molar-refractivity contribution in [2.75, 3.05) is 12.4 Å². The average molecular weight is 399 g/mol. The number of halogens is 2. The van der Waals surface area contributed by atoms with E-state index < -0.39 is 6.04 Å². The minimum atomic E-state index is -0.484. The molecule has 2 aromatic rings. The van der Waals surface area contributed by atoms with Gasteiger partial charge in [-0.3, -0.25) is 9.48 Å². The van der Waals surface area contributed by atoms with Crippen LogP contribution in [0.25, 0.3) is 0 Å². The Bertz CT molecular complexity index is 745. The second-order valence-corrected chi connectivity index (χ2v) is 6.73. The third-order valence-corrected chi connectivity index (χ3v) is 4.70. The quantitative estimate of drug-likeness (QED) is 0.777. The fraction of sp³-hybridized carbons (Fsp3) is 0.444. The van der Waals surface area contributed by atoms with Crippen molar-refractivity contribution in [3.8, 4) is 5.75 Å². The highest BCUT2D eigenvalue weighted by molar-refractivity contribution is 6.32. The summed E-state index contributed by atoms with van der Waals surface area (Å²) in [5, 5.41) is 10.5. The number of hydrogen-bond acceptors (Lipinski definition) is 4. The van der Waals surface area contributed by atoms with Crippen LogP contribution >= 0.6 is 24.0 Å². The number of nitrogens with zero attached hydrogens (tertiary/aromatic N) is 2. The van der Waals surface area contributed by atoms with Gasteiger partial charge in [0.15, 0.2) is 0 Å². The highest BCUT2D eigenvalue weighted by Gasteiger charge is 2.21. The topological polar surface area (TPSA) is 68.2 Å². The third kappa shape index (κ3) is 4.90. The van der Waals surface area contributed by atoms with Crippen LogP contribution < -0.4 is 15.4 Å². The van der Waals surface area contributed by atoms with E-state index in [1.165, 1.54) is 12.8 Å².